The molecule has 112 valence electrons. The van der Waals surface area contributed by atoms with Crippen LogP contribution in [0.4, 0.5) is 0 Å². The highest BCUT2D eigenvalue weighted by Gasteiger charge is 2.22. The van der Waals surface area contributed by atoms with Gasteiger partial charge in [0, 0.05) is 31.8 Å². The molecule has 0 saturated carbocycles. The summed E-state index contributed by atoms with van der Waals surface area (Å²) < 4.78 is 1.49. The number of aromatic nitrogens is 1. The molecular weight excluding hydrogens is 256 g/mol. The van der Waals surface area contributed by atoms with E-state index in [2.05, 4.69) is 5.32 Å². The van der Waals surface area contributed by atoms with Crippen molar-refractivity contribution in [1.82, 2.24) is 9.88 Å². The number of nitrogens with one attached hydrogen (secondary N) is 1. The van der Waals surface area contributed by atoms with Crippen molar-refractivity contribution in [1.29, 1.82) is 0 Å². The molecule has 1 atom stereocenters. The molecule has 2 N–H and O–H groups in total. The summed E-state index contributed by atoms with van der Waals surface area (Å²) in [7, 11) is 0. The maximum atomic E-state index is 11.7. The van der Waals surface area contributed by atoms with Gasteiger partial charge in [-0.3, -0.25) is 9.59 Å². The number of hydrogen-bond acceptors (Lipinski definition) is 3. The molecular formula is C15H24N2O3. The van der Waals surface area contributed by atoms with Crippen LogP contribution in [0.3, 0.4) is 0 Å². The van der Waals surface area contributed by atoms with Crippen LogP contribution in [0.5, 0.6) is 0 Å². The highest BCUT2D eigenvalue weighted by Crippen LogP contribution is 2.14. The number of amides is 1. The third kappa shape index (κ3) is 6.02. The summed E-state index contributed by atoms with van der Waals surface area (Å²) >= 11 is 0. The molecule has 0 radical (unpaired) electrons. The fraction of sp³-hybridized carbons (Fsp3) is 0.600. The van der Waals surface area contributed by atoms with E-state index in [4.69, 9.17) is 0 Å². The Morgan fingerprint density at radius 3 is 2.75 bits per heavy atom. The van der Waals surface area contributed by atoms with Crippen LogP contribution in [-0.4, -0.2) is 27.7 Å². The smallest absolute Gasteiger partial charge is 0.250 e. The SMILES string of the molecule is CC(C)CC(C)(O)CNC(=O)CCn1ccccc1=O. The van der Waals surface area contributed by atoms with Crippen LogP contribution in [0, 0.1) is 5.92 Å². The quantitative estimate of drug-likeness (QED) is 0.787. The van der Waals surface area contributed by atoms with Crippen molar-refractivity contribution in [3.63, 3.8) is 0 Å². The van der Waals surface area contributed by atoms with Gasteiger partial charge in [-0.05, 0) is 25.3 Å². The first kappa shape index (κ1) is 16.4. The maximum Gasteiger partial charge on any atom is 0.250 e. The molecule has 20 heavy (non-hydrogen) atoms. The maximum absolute atomic E-state index is 11.7. The Kier molecular flexibility index (Phi) is 5.95. The summed E-state index contributed by atoms with van der Waals surface area (Å²) in [6.45, 7) is 6.34. The number of carbonyl (C=O) groups excluding carboxylic acids is 1. The minimum Gasteiger partial charge on any atom is -0.388 e. The fourth-order valence-corrected chi connectivity index (χ4v) is 2.20. The van der Waals surface area contributed by atoms with Crippen LogP contribution in [0.1, 0.15) is 33.6 Å². The third-order valence-electron chi connectivity index (χ3n) is 2.99. The van der Waals surface area contributed by atoms with Crippen molar-refractivity contribution in [3.8, 4) is 0 Å². The monoisotopic (exact) mass is 280 g/mol. The Hall–Kier alpha value is -1.62. The normalized spacial score (nSPS) is 14.1. The number of nitrogens with zero attached hydrogens (tertiary/aromatic N) is 1. The highest BCUT2D eigenvalue weighted by atomic mass is 16.3. The van der Waals surface area contributed by atoms with Crippen LogP contribution >= 0.6 is 0 Å². The Bertz CT molecular complexity index is 492. The summed E-state index contributed by atoms with van der Waals surface area (Å²) in [5.74, 6) is 0.203. The number of hydrogen-bond donors (Lipinski definition) is 2. The topological polar surface area (TPSA) is 71.3 Å². The van der Waals surface area contributed by atoms with Gasteiger partial charge in [-0.1, -0.05) is 19.9 Å². The Morgan fingerprint density at radius 1 is 1.45 bits per heavy atom. The van der Waals surface area contributed by atoms with Crippen LogP contribution in [0.25, 0.3) is 0 Å². The number of pyridine rings is 1. The molecule has 5 heteroatoms. The minimum absolute atomic E-state index is 0.118. The van der Waals surface area contributed by atoms with E-state index in [1.807, 2.05) is 13.8 Å². The minimum atomic E-state index is -0.895. The van der Waals surface area contributed by atoms with Crippen molar-refractivity contribution < 1.29 is 9.90 Å². The first-order chi connectivity index (χ1) is 9.30. The predicted octanol–water partition coefficient (Wildman–Crippen LogP) is 1.15. The molecule has 1 aromatic rings. The molecule has 0 saturated heterocycles. The highest BCUT2D eigenvalue weighted by molar-refractivity contribution is 5.75. The lowest BCUT2D eigenvalue weighted by Crippen LogP contribution is -2.41. The lowest BCUT2D eigenvalue weighted by atomic mass is 9.94. The van der Waals surface area contributed by atoms with Crippen molar-refractivity contribution in [2.24, 2.45) is 5.92 Å². The van der Waals surface area contributed by atoms with E-state index in [9.17, 15) is 14.7 Å². The van der Waals surface area contributed by atoms with Crippen LogP contribution in [0.2, 0.25) is 0 Å². The van der Waals surface area contributed by atoms with Crippen molar-refractivity contribution in [2.75, 3.05) is 6.54 Å². The van der Waals surface area contributed by atoms with Gasteiger partial charge in [0.05, 0.1) is 5.60 Å². The number of carbonyl (C=O) groups is 1. The molecule has 1 unspecified atom stereocenters. The summed E-state index contributed by atoms with van der Waals surface area (Å²) in [4.78, 5) is 23.2. The average Bonchev–Trinajstić information content (AvgIpc) is 2.34. The van der Waals surface area contributed by atoms with Gasteiger partial charge >= 0.3 is 0 Å². The van der Waals surface area contributed by atoms with Crippen molar-refractivity contribution in [2.45, 2.75) is 45.8 Å². The number of aliphatic hydroxyl groups is 1. The Balaban J connectivity index is 2.38. The number of rotatable bonds is 7. The predicted molar refractivity (Wildman–Crippen MR) is 78.4 cm³/mol. The Morgan fingerprint density at radius 2 is 2.15 bits per heavy atom. The molecule has 0 fully saturated rings. The second-order valence-corrected chi connectivity index (χ2v) is 5.85. The van der Waals surface area contributed by atoms with E-state index >= 15 is 0 Å². The standard InChI is InChI=1S/C15H24N2O3/c1-12(2)10-15(3,20)11-16-13(18)7-9-17-8-5-4-6-14(17)19/h4-6,8,12,20H,7,9-11H2,1-3H3,(H,16,18). The van der Waals surface area contributed by atoms with Crippen LogP contribution < -0.4 is 10.9 Å². The fourth-order valence-electron chi connectivity index (χ4n) is 2.20. The third-order valence-corrected chi connectivity index (χ3v) is 2.99. The molecule has 0 spiro atoms. The summed E-state index contributed by atoms with van der Waals surface area (Å²) in [6, 6.07) is 4.89. The van der Waals surface area contributed by atoms with Gasteiger partial charge in [0.1, 0.15) is 0 Å². The second kappa shape index (κ2) is 7.24. The van der Waals surface area contributed by atoms with E-state index in [1.54, 1.807) is 25.3 Å². The molecule has 0 aliphatic rings. The molecule has 1 rings (SSSR count). The van der Waals surface area contributed by atoms with E-state index in [0.29, 0.717) is 18.9 Å². The summed E-state index contributed by atoms with van der Waals surface area (Å²) in [5.41, 5.74) is -1.01. The first-order valence-corrected chi connectivity index (χ1v) is 6.95. The van der Waals surface area contributed by atoms with Gasteiger partial charge in [-0.2, -0.15) is 0 Å². The van der Waals surface area contributed by atoms with E-state index in [-0.39, 0.29) is 24.4 Å². The molecule has 1 amide bonds. The van der Waals surface area contributed by atoms with Crippen LogP contribution in [0.15, 0.2) is 29.2 Å². The van der Waals surface area contributed by atoms with Gasteiger partial charge in [0.25, 0.3) is 5.56 Å². The first-order valence-electron chi connectivity index (χ1n) is 6.95. The van der Waals surface area contributed by atoms with E-state index in [0.717, 1.165) is 0 Å². The van der Waals surface area contributed by atoms with Gasteiger partial charge < -0.3 is 15.0 Å². The molecule has 1 heterocycles. The van der Waals surface area contributed by atoms with Gasteiger partial charge in [-0.15, -0.1) is 0 Å². The van der Waals surface area contributed by atoms with E-state index < -0.39 is 5.60 Å². The zero-order valence-electron chi connectivity index (χ0n) is 12.4. The summed E-state index contributed by atoms with van der Waals surface area (Å²) in [6.07, 6.45) is 2.51. The zero-order chi connectivity index (χ0) is 15.2. The largest absolute Gasteiger partial charge is 0.388 e. The lowest BCUT2D eigenvalue weighted by Gasteiger charge is -2.25. The molecule has 1 aromatic heterocycles. The van der Waals surface area contributed by atoms with Gasteiger partial charge in [0.15, 0.2) is 0 Å². The van der Waals surface area contributed by atoms with E-state index in [1.165, 1.54) is 10.6 Å². The molecule has 0 bridgehead atoms. The number of aryl methyl sites for hydroxylation is 1. The molecule has 0 aliphatic carbocycles. The van der Waals surface area contributed by atoms with Crippen LogP contribution in [-0.2, 0) is 11.3 Å². The average molecular weight is 280 g/mol. The van der Waals surface area contributed by atoms with Crippen molar-refractivity contribution in [3.05, 3.63) is 34.7 Å². The van der Waals surface area contributed by atoms with Gasteiger partial charge in [0.2, 0.25) is 5.91 Å². The molecule has 0 aromatic carbocycles. The van der Waals surface area contributed by atoms with Gasteiger partial charge in [-0.25, -0.2) is 0 Å². The van der Waals surface area contributed by atoms with Crippen molar-refractivity contribution >= 4 is 5.91 Å². The Labute approximate surface area is 119 Å². The second-order valence-electron chi connectivity index (χ2n) is 5.85. The summed E-state index contributed by atoms with van der Waals surface area (Å²) in [5, 5.41) is 12.8. The lowest BCUT2D eigenvalue weighted by molar-refractivity contribution is -0.122. The molecule has 0 aliphatic heterocycles. The zero-order valence-corrected chi connectivity index (χ0v) is 12.4. The molecule has 5 nitrogen and oxygen atoms in total.